The molecule has 0 spiro atoms. The molecule has 19 heavy (non-hydrogen) atoms. The fraction of sp³-hybridized carbons (Fsp3) is 0.133. The number of rotatable bonds is 3. The second-order valence-electron chi connectivity index (χ2n) is 4.27. The Morgan fingerprint density at radius 1 is 1.21 bits per heavy atom. The number of aromatic hydroxyl groups is 1. The molecule has 2 N–H and O–H groups in total. The number of nitrogens with one attached hydrogen (secondary N) is 1. The average Bonchev–Trinajstić information content (AvgIpc) is 2.42. The molecule has 0 aliphatic rings. The minimum Gasteiger partial charge on any atom is -0.506 e. The van der Waals surface area contributed by atoms with Crippen molar-refractivity contribution in [2.75, 3.05) is 0 Å². The standard InChI is InChI=1S/C15H14ClNO2/c1-10(11-5-3-2-4-6-11)17-15(19)12-7-8-14(18)13(16)9-12/h2-10,18H,1H3,(H,17,19). The number of hydrogen-bond donors (Lipinski definition) is 2. The Balaban J connectivity index is 2.11. The highest BCUT2D eigenvalue weighted by molar-refractivity contribution is 6.32. The summed E-state index contributed by atoms with van der Waals surface area (Å²) in [5.41, 5.74) is 1.45. The predicted molar refractivity (Wildman–Crippen MR) is 75.4 cm³/mol. The van der Waals surface area contributed by atoms with Crippen molar-refractivity contribution in [3.8, 4) is 5.75 Å². The van der Waals surface area contributed by atoms with Crippen molar-refractivity contribution in [1.82, 2.24) is 5.32 Å². The van der Waals surface area contributed by atoms with Gasteiger partial charge in [-0.3, -0.25) is 4.79 Å². The van der Waals surface area contributed by atoms with Crippen LogP contribution in [0, 0.1) is 0 Å². The van der Waals surface area contributed by atoms with Gasteiger partial charge in [-0.15, -0.1) is 0 Å². The van der Waals surface area contributed by atoms with Crippen LogP contribution in [-0.2, 0) is 0 Å². The normalized spacial score (nSPS) is 11.9. The summed E-state index contributed by atoms with van der Waals surface area (Å²) in [5.74, 6) is -0.257. The van der Waals surface area contributed by atoms with Crippen molar-refractivity contribution >= 4 is 17.5 Å². The molecule has 0 aromatic heterocycles. The number of carbonyl (C=O) groups is 1. The monoisotopic (exact) mass is 275 g/mol. The van der Waals surface area contributed by atoms with Crippen molar-refractivity contribution in [3.63, 3.8) is 0 Å². The lowest BCUT2D eigenvalue weighted by Crippen LogP contribution is -2.26. The third-order valence-electron chi connectivity index (χ3n) is 2.86. The lowest BCUT2D eigenvalue weighted by atomic mass is 10.1. The smallest absolute Gasteiger partial charge is 0.251 e. The number of phenols is 1. The van der Waals surface area contributed by atoms with Crippen molar-refractivity contribution < 1.29 is 9.90 Å². The first-order chi connectivity index (χ1) is 9.08. The quantitative estimate of drug-likeness (QED) is 0.900. The Morgan fingerprint density at radius 3 is 2.53 bits per heavy atom. The molecular formula is C15H14ClNO2. The van der Waals surface area contributed by atoms with Crippen LogP contribution in [0.5, 0.6) is 5.75 Å². The molecule has 0 aliphatic carbocycles. The first-order valence-corrected chi connectivity index (χ1v) is 6.30. The molecule has 0 bridgehead atoms. The van der Waals surface area contributed by atoms with Gasteiger partial charge in [0, 0.05) is 5.56 Å². The summed E-state index contributed by atoms with van der Waals surface area (Å²) >= 11 is 5.78. The van der Waals surface area contributed by atoms with Gasteiger partial charge in [0.2, 0.25) is 0 Å². The Kier molecular flexibility index (Phi) is 4.07. The van der Waals surface area contributed by atoms with E-state index in [1.165, 1.54) is 18.2 Å². The van der Waals surface area contributed by atoms with E-state index in [2.05, 4.69) is 5.32 Å². The summed E-state index contributed by atoms with van der Waals surface area (Å²) in [6, 6.07) is 14.0. The van der Waals surface area contributed by atoms with Crippen LogP contribution in [0.2, 0.25) is 5.02 Å². The zero-order valence-corrected chi connectivity index (χ0v) is 11.2. The van der Waals surface area contributed by atoms with E-state index in [0.29, 0.717) is 5.56 Å². The summed E-state index contributed by atoms with van der Waals surface area (Å²) in [4.78, 5) is 12.0. The Hall–Kier alpha value is -2.00. The van der Waals surface area contributed by atoms with Crippen molar-refractivity contribution in [3.05, 3.63) is 64.7 Å². The van der Waals surface area contributed by atoms with Gasteiger partial charge in [-0.25, -0.2) is 0 Å². The van der Waals surface area contributed by atoms with Gasteiger partial charge in [0.05, 0.1) is 11.1 Å². The third kappa shape index (κ3) is 3.26. The van der Waals surface area contributed by atoms with Crippen LogP contribution in [-0.4, -0.2) is 11.0 Å². The first kappa shape index (κ1) is 13.4. The minimum absolute atomic E-state index is 0.0330. The van der Waals surface area contributed by atoms with E-state index in [-0.39, 0.29) is 22.7 Å². The number of carbonyl (C=O) groups excluding carboxylic acids is 1. The Labute approximate surface area is 116 Å². The lowest BCUT2D eigenvalue weighted by Gasteiger charge is -2.14. The van der Waals surface area contributed by atoms with Crippen LogP contribution in [0.3, 0.4) is 0 Å². The fourth-order valence-corrected chi connectivity index (χ4v) is 1.93. The summed E-state index contributed by atoms with van der Waals surface area (Å²) < 4.78 is 0. The predicted octanol–water partition coefficient (Wildman–Crippen LogP) is 3.54. The molecule has 1 atom stereocenters. The molecular weight excluding hydrogens is 262 g/mol. The van der Waals surface area contributed by atoms with Crippen molar-refractivity contribution in [2.45, 2.75) is 13.0 Å². The van der Waals surface area contributed by atoms with E-state index >= 15 is 0 Å². The molecule has 0 saturated carbocycles. The van der Waals surface area contributed by atoms with Gasteiger partial charge in [0.1, 0.15) is 5.75 Å². The van der Waals surface area contributed by atoms with Gasteiger partial charge in [0.25, 0.3) is 5.91 Å². The van der Waals surface area contributed by atoms with Gasteiger partial charge in [0.15, 0.2) is 0 Å². The molecule has 3 nitrogen and oxygen atoms in total. The summed E-state index contributed by atoms with van der Waals surface area (Å²) in [6.07, 6.45) is 0. The van der Waals surface area contributed by atoms with Crippen LogP contribution in [0.4, 0.5) is 0 Å². The lowest BCUT2D eigenvalue weighted by molar-refractivity contribution is 0.0940. The molecule has 0 heterocycles. The second kappa shape index (κ2) is 5.76. The second-order valence-corrected chi connectivity index (χ2v) is 4.68. The zero-order chi connectivity index (χ0) is 13.8. The van der Waals surface area contributed by atoms with Crippen LogP contribution in [0.25, 0.3) is 0 Å². The van der Waals surface area contributed by atoms with Crippen molar-refractivity contribution in [2.24, 2.45) is 0 Å². The Bertz CT molecular complexity index is 584. The molecule has 0 fully saturated rings. The fourth-order valence-electron chi connectivity index (χ4n) is 1.75. The molecule has 4 heteroatoms. The van der Waals surface area contributed by atoms with Crippen LogP contribution < -0.4 is 5.32 Å². The van der Waals surface area contributed by atoms with E-state index in [9.17, 15) is 9.90 Å². The zero-order valence-electron chi connectivity index (χ0n) is 10.4. The minimum atomic E-state index is -0.224. The van der Waals surface area contributed by atoms with Crippen LogP contribution in [0.15, 0.2) is 48.5 Å². The highest BCUT2D eigenvalue weighted by Crippen LogP contribution is 2.24. The number of phenolic OH excluding ortho intramolecular Hbond substituents is 1. The molecule has 0 saturated heterocycles. The van der Waals surface area contributed by atoms with Crippen LogP contribution >= 0.6 is 11.6 Å². The van der Waals surface area contributed by atoms with Gasteiger partial charge >= 0.3 is 0 Å². The molecule has 0 aliphatic heterocycles. The highest BCUT2D eigenvalue weighted by Gasteiger charge is 2.12. The number of amides is 1. The largest absolute Gasteiger partial charge is 0.506 e. The number of halogens is 1. The molecule has 1 amide bonds. The number of hydrogen-bond acceptors (Lipinski definition) is 2. The van der Waals surface area contributed by atoms with Gasteiger partial charge < -0.3 is 10.4 Å². The first-order valence-electron chi connectivity index (χ1n) is 5.92. The van der Waals surface area contributed by atoms with Gasteiger partial charge in [-0.1, -0.05) is 41.9 Å². The summed E-state index contributed by atoms with van der Waals surface area (Å²) in [7, 11) is 0. The molecule has 2 rings (SSSR count). The molecule has 98 valence electrons. The average molecular weight is 276 g/mol. The van der Waals surface area contributed by atoms with E-state index in [1.807, 2.05) is 37.3 Å². The van der Waals surface area contributed by atoms with Crippen molar-refractivity contribution in [1.29, 1.82) is 0 Å². The Morgan fingerprint density at radius 2 is 1.89 bits per heavy atom. The van der Waals surface area contributed by atoms with E-state index in [4.69, 9.17) is 11.6 Å². The topological polar surface area (TPSA) is 49.3 Å². The third-order valence-corrected chi connectivity index (χ3v) is 3.16. The highest BCUT2D eigenvalue weighted by atomic mass is 35.5. The van der Waals surface area contributed by atoms with E-state index in [0.717, 1.165) is 5.56 Å². The van der Waals surface area contributed by atoms with Gasteiger partial charge in [-0.05, 0) is 30.7 Å². The van der Waals surface area contributed by atoms with E-state index in [1.54, 1.807) is 0 Å². The van der Waals surface area contributed by atoms with Crippen LogP contribution in [0.1, 0.15) is 28.9 Å². The summed E-state index contributed by atoms with van der Waals surface area (Å²) in [6.45, 7) is 1.91. The molecule has 2 aromatic rings. The number of benzene rings is 2. The maximum atomic E-state index is 12.0. The molecule has 2 aromatic carbocycles. The van der Waals surface area contributed by atoms with Gasteiger partial charge in [-0.2, -0.15) is 0 Å². The summed E-state index contributed by atoms with van der Waals surface area (Å²) in [5, 5.41) is 12.4. The molecule has 0 radical (unpaired) electrons. The van der Waals surface area contributed by atoms with E-state index < -0.39 is 0 Å². The SMILES string of the molecule is CC(NC(=O)c1ccc(O)c(Cl)c1)c1ccccc1. The maximum Gasteiger partial charge on any atom is 0.251 e. The molecule has 1 unspecified atom stereocenters. The maximum absolute atomic E-state index is 12.0.